The number of aryl methyl sites for hydroxylation is 2. The highest BCUT2D eigenvalue weighted by Gasteiger charge is 2.45. The number of fused-ring (bicyclic) bond motifs is 3. The Morgan fingerprint density at radius 2 is 1.51 bits per heavy atom. The summed E-state index contributed by atoms with van der Waals surface area (Å²) in [5.41, 5.74) is 7.26. The minimum Gasteiger partial charge on any atom is -0.461 e. The van der Waals surface area contributed by atoms with E-state index < -0.39 is 77.5 Å². The number of nitrogens with zero attached hydrogens (tertiary/aromatic N) is 4. The summed E-state index contributed by atoms with van der Waals surface area (Å²) in [4.78, 5) is 91.9. The average molecular weight is 823 g/mol. The number of amides is 7. The summed E-state index contributed by atoms with van der Waals surface area (Å²) in [6.07, 6.45) is 2.52. The number of nitrogens with one attached hydrogen (secondary N) is 3. The van der Waals surface area contributed by atoms with Crippen molar-refractivity contribution in [1.29, 1.82) is 5.26 Å². The molecule has 18 heteroatoms. The van der Waals surface area contributed by atoms with E-state index in [0.717, 1.165) is 24.5 Å². The van der Waals surface area contributed by atoms with Crippen molar-refractivity contribution in [3.63, 3.8) is 0 Å². The second-order valence-corrected chi connectivity index (χ2v) is 15.1. The molecule has 6 rings (SSSR count). The molecule has 4 heterocycles. The summed E-state index contributed by atoms with van der Waals surface area (Å²) in [5, 5.41) is 17.0. The van der Waals surface area contributed by atoms with E-state index in [2.05, 4.69) is 22.0 Å². The molecule has 0 radical (unpaired) electrons. The minimum atomic E-state index is -0.954. The second kappa shape index (κ2) is 21.0. The summed E-state index contributed by atoms with van der Waals surface area (Å²) in [5.74, 6) is -4.26. The molecule has 6 atom stereocenters. The Balaban J connectivity index is 0.000000261. The molecule has 59 heavy (non-hydrogen) atoms. The molecule has 0 aromatic heterocycles. The third-order valence-electron chi connectivity index (χ3n) is 10.2. The Labute approximate surface area is 341 Å². The van der Waals surface area contributed by atoms with E-state index in [1.54, 1.807) is 42.7 Å². The number of urea groups is 1. The molecule has 318 valence electrons. The Kier molecular flexibility index (Phi) is 16.3. The van der Waals surface area contributed by atoms with E-state index in [1.807, 2.05) is 19.1 Å². The fraction of sp³-hybridized carbons (Fsp3) is 0.512. The maximum absolute atomic E-state index is 13.5. The van der Waals surface area contributed by atoms with Crippen LogP contribution in [0.5, 0.6) is 0 Å². The van der Waals surface area contributed by atoms with Gasteiger partial charge in [0.25, 0.3) is 0 Å². The van der Waals surface area contributed by atoms with Crippen molar-refractivity contribution >= 4 is 47.2 Å². The first-order valence-corrected chi connectivity index (χ1v) is 19.6. The topological polar surface area (TPSA) is 224 Å². The van der Waals surface area contributed by atoms with Crippen molar-refractivity contribution in [2.75, 3.05) is 31.5 Å². The van der Waals surface area contributed by atoms with Crippen LogP contribution in [0.3, 0.4) is 0 Å². The molecule has 7 amide bonds. The van der Waals surface area contributed by atoms with Crippen LogP contribution in [0, 0.1) is 42.7 Å². The van der Waals surface area contributed by atoms with Crippen LogP contribution < -0.4 is 21.7 Å². The Hall–Kier alpha value is -6.12. The number of hydrogen-bond acceptors (Lipinski definition) is 9. The van der Waals surface area contributed by atoms with E-state index in [-0.39, 0.29) is 37.7 Å². The molecule has 0 bridgehead atoms. The Morgan fingerprint density at radius 3 is 2.14 bits per heavy atom. The quantitative estimate of drug-likeness (QED) is 0.334. The molecule has 5 N–H and O–H groups in total. The standard InChI is InChI=1S/C24H33N5O6.C10H13N3O2.C7H6F2/c1-14-10-20(30)27-9-5-7-18(27)23(33)28-8-4-3-6-17(28)21(31)26-15(2)22(32)29-13-16(12-25)11-19(29)24(34)35-14;1-7-2-4-8(5-3-7)13-10(15)12-6-9(11)14;1-5-2-6(8)4-7(9)3-5/h14-19H,3-11,13H2,1-2H3,(H,26,31);2-5H,6H2,1H3,(H2,11,14)(H2,12,13,15);2-4H,1H3. The summed E-state index contributed by atoms with van der Waals surface area (Å²) >= 11 is 0. The number of esters is 1. The summed E-state index contributed by atoms with van der Waals surface area (Å²) in [6, 6.07) is 9.13. The molecule has 0 aliphatic carbocycles. The van der Waals surface area contributed by atoms with E-state index in [1.165, 1.54) is 17.0 Å². The minimum absolute atomic E-state index is 0.0616. The number of anilines is 1. The number of carbonyl (C=O) groups is 7. The lowest BCUT2D eigenvalue weighted by atomic mass is 9.99. The second-order valence-electron chi connectivity index (χ2n) is 15.1. The summed E-state index contributed by atoms with van der Waals surface area (Å²) < 4.78 is 29.9. The molecule has 4 fully saturated rings. The molecule has 2 aromatic carbocycles. The van der Waals surface area contributed by atoms with Gasteiger partial charge in [-0.15, -0.1) is 0 Å². The zero-order valence-electron chi connectivity index (χ0n) is 33.7. The van der Waals surface area contributed by atoms with E-state index in [0.29, 0.717) is 43.6 Å². The van der Waals surface area contributed by atoms with Crippen LogP contribution in [-0.2, 0) is 33.5 Å². The van der Waals surface area contributed by atoms with Gasteiger partial charge in [-0.2, -0.15) is 5.26 Å². The van der Waals surface area contributed by atoms with Crippen molar-refractivity contribution in [2.24, 2.45) is 11.7 Å². The maximum Gasteiger partial charge on any atom is 0.329 e. The van der Waals surface area contributed by atoms with Crippen LogP contribution in [0.2, 0.25) is 0 Å². The number of ether oxygens (including phenoxy) is 1. The van der Waals surface area contributed by atoms with Gasteiger partial charge in [-0.25, -0.2) is 18.4 Å². The lowest BCUT2D eigenvalue weighted by Crippen LogP contribution is -2.59. The SMILES string of the molecule is CC1CC(=O)N2CCCC2C(=O)N2CCCCC2C(=O)NC(C)C(=O)N2CC(C#N)CC2C(=O)O1.Cc1cc(F)cc(F)c1.Cc1ccc(NC(=O)NCC(N)=O)cc1. The first-order chi connectivity index (χ1) is 28.0. The molecule has 0 spiro atoms. The lowest BCUT2D eigenvalue weighted by Gasteiger charge is -2.38. The molecular weight excluding hydrogens is 770 g/mol. The predicted octanol–water partition coefficient (Wildman–Crippen LogP) is 2.81. The normalized spacial score (nSPS) is 24.7. The summed E-state index contributed by atoms with van der Waals surface area (Å²) in [7, 11) is 0. The summed E-state index contributed by atoms with van der Waals surface area (Å²) in [6.45, 7) is 7.50. The maximum atomic E-state index is 13.5. The van der Waals surface area contributed by atoms with Gasteiger partial charge < -0.3 is 41.1 Å². The zero-order chi connectivity index (χ0) is 43.4. The van der Waals surface area contributed by atoms with Gasteiger partial charge in [0.05, 0.1) is 25.0 Å². The van der Waals surface area contributed by atoms with Crippen molar-refractivity contribution in [3.8, 4) is 6.07 Å². The number of rotatable bonds is 3. The number of benzene rings is 2. The third-order valence-corrected chi connectivity index (χ3v) is 10.2. The van der Waals surface area contributed by atoms with E-state index in [4.69, 9.17) is 10.5 Å². The molecule has 0 saturated carbocycles. The first-order valence-electron chi connectivity index (χ1n) is 19.6. The molecule has 4 aliphatic heterocycles. The Morgan fingerprint density at radius 1 is 0.864 bits per heavy atom. The van der Waals surface area contributed by atoms with Gasteiger partial charge in [0, 0.05) is 31.4 Å². The number of carbonyl (C=O) groups excluding carboxylic acids is 7. The fourth-order valence-corrected chi connectivity index (χ4v) is 7.35. The van der Waals surface area contributed by atoms with Gasteiger partial charge in [0.15, 0.2) is 0 Å². The Bertz CT molecular complexity index is 1870. The van der Waals surface area contributed by atoms with Gasteiger partial charge in [0.1, 0.15) is 41.9 Å². The highest BCUT2D eigenvalue weighted by molar-refractivity contribution is 5.96. The van der Waals surface area contributed by atoms with E-state index in [9.17, 15) is 47.6 Å². The molecule has 4 aliphatic rings. The number of nitriles is 1. The third kappa shape index (κ3) is 12.9. The number of nitrogens with two attached hydrogens (primary N) is 1. The van der Waals surface area contributed by atoms with Crippen LogP contribution in [0.15, 0.2) is 42.5 Å². The monoisotopic (exact) mass is 822 g/mol. The number of piperidine rings is 1. The molecule has 2 aromatic rings. The van der Waals surface area contributed by atoms with Crippen molar-refractivity contribution in [3.05, 3.63) is 65.2 Å². The van der Waals surface area contributed by atoms with Crippen LogP contribution in [0.4, 0.5) is 19.3 Å². The van der Waals surface area contributed by atoms with Crippen LogP contribution in [0.1, 0.15) is 69.9 Å². The van der Waals surface area contributed by atoms with Crippen LogP contribution >= 0.6 is 0 Å². The zero-order valence-corrected chi connectivity index (χ0v) is 33.7. The first kappa shape index (κ1) is 45.6. The van der Waals surface area contributed by atoms with Gasteiger partial charge in [-0.05, 0) is 96.0 Å². The van der Waals surface area contributed by atoms with Crippen LogP contribution in [0.25, 0.3) is 0 Å². The number of primary amides is 1. The highest BCUT2D eigenvalue weighted by atomic mass is 19.1. The van der Waals surface area contributed by atoms with Crippen molar-refractivity contribution in [1.82, 2.24) is 25.3 Å². The smallest absolute Gasteiger partial charge is 0.329 e. The molecule has 6 unspecified atom stereocenters. The largest absolute Gasteiger partial charge is 0.461 e. The van der Waals surface area contributed by atoms with Crippen molar-refractivity contribution < 1.29 is 47.1 Å². The predicted molar refractivity (Wildman–Crippen MR) is 210 cm³/mol. The number of halogens is 2. The highest BCUT2D eigenvalue weighted by Crippen LogP contribution is 2.28. The average Bonchev–Trinajstić information content (AvgIpc) is 3.86. The molecular formula is C41H52F2N8O8. The molecule has 4 saturated heterocycles. The number of cyclic esters (lactones) is 1. The van der Waals surface area contributed by atoms with Gasteiger partial charge in [-0.1, -0.05) is 17.7 Å². The van der Waals surface area contributed by atoms with Crippen molar-refractivity contribution in [2.45, 2.75) is 103 Å². The van der Waals surface area contributed by atoms with Gasteiger partial charge in [-0.3, -0.25) is 24.0 Å². The van der Waals surface area contributed by atoms with Gasteiger partial charge >= 0.3 is 12.0 Å². The van der Waals surface area contributed by atoms with Crippen LogP contribution in [-0.4, -0.2) is 113 Å². The molecule has 16 nitrogen and oxygen atoms in total. The number of hydrogen-bond donors (Lipinski definition) is 4. The van der Waals surface area contributed by atoms with E-state index >= 15 is 0 Å². The lowest BCUT2D eigenvalue weighted by molar-refractivity contribution is -0.160. The van der Waals surface area contributed by atoms with Gasteiger partial charge in [0.2, 0.25) is 29.5 Å². The fourth-order valence-electron chi connectivity index (χ4n) is 7.35.